The molecule has 1 amide bonds. The van der Waals surface area contributed by atoms with E-state index in [1.165, 1.54) is 6.07 Å². The molecule has 0 bridgehead atoms. The van der Waals surface area contributed by atoms with E-state index in [1.807, 2.05) is 0 Å². The molecule has 1 aliphatic carbocycles. The summed E-state index contributed by atoms with van der Waals surface area (Å²) < 4.78 is 0.686. The van der Waals surface area contributed by atoms with E-state index in [9.17, 15) is 14.7 Å². The van der Waals surface area contributed by atoms with Gasteiger partial charge in [0.2, 0.25) is 0 Å². The highest BCUT2D eigenvalue weighted by Crippen LogP contribution is 2.28. The molecule has 0 spiro atoms. The van der Waals surface area contributed by atoms with Crippen molar-refractivity contribution in [2.24, 2.45) is 0 Å². The van der Waals surface area contributed by atoms with Crippen LogP contribution in [0.2, 0.25) is 5.02 Å². The number of nitrogens with one attached hydrogen (secondary N) is 1. The summed E-state index contributed by atoms with van der Waals surface area (Å²) in [6, 6.07) is 4.85. The monoisotopic (exact) mass is 373 g/mol. The molecule has 1 fully saturated rings. The van der Waals surface area contributed by atoms with Gasteiger partial charge >= 0.3 is 5.97 Å². The molecule has 1 saturated carbocycles. The van der Waals surface area contributed by atoms with E-state index in [-0.39, 0.29) is 0 Å². The van der Waals surface area contributed by atoms with E-state index < -0.39 is 17.4 Å². The number of amides is 1. The minimum absolute atomic E-state index is 0.360. The molecule has 21 heavy (non-hydrogen) atoms. The van der Waals surface area contributed by atoms with Crippen molar-refractivity contribution < 1.29 is 14.7 Å². The average molecular weight is 375 g/mol. The number of benzene rings is 1. The molecule has 1 aromatic rings. The zero-order chi connectivity index (χ0) is 15.5. The molecule has 0 aromatic heterocycles. The second-order valence-electron chi connectivity index (χ2n) is 5.41. The molecule has 0 radical (unpaired) electrons. The summed E-state index contributed by atoms with van der Waals surface area (Å²) in [5.41, 5.74) is -0.804. The number of carboxylic acid groups (broad SMARTS) is 1. The SMILES string of the molecule is O=C(NC1(C(=O)O)CCCCCC1)c1cc(Cl)cc(Br)c1. The second kappa shape index (κ2) is 6.79. The first kappa shape index (κ1) is 16.3. The van der Waals surface area contributed by atoms with Gasteiger partial charge in [0.05, 0.1) is 0 Å². The van der Waals surface area contributed by atoms with Gasteiger partial charge in [-0.3, -0.25) is 4.79 Å². The molecule has 4 nitrogen and oxygen atoms in total. The van der Waals surface area contributed by atoms with Gasteiger partial charge in [0.1, 0.15) is 5.54 Å². The Morgan fingerprint density at radius 3 is 2.29 bits per heavy atom. The first-order valence-corrected chi connectivity index (χ1v) is 8.12. The van der Waals surface area contributed by atoms with Crippen molar-refractivity contribution >= 4 is 39.4 Å². The van der Waals surface area contributed by atoms with Gasteiger partial charge in [-0.05, 0) is 31.0 Å². The fourth-order valence-electron chi connectivity index (χ4n) is 2.70. The molecule has 1 aliphatic rings. The minimum Gasteiger partial charge on any atom is -0.480 e. The van der Waals surface area contributed by atoms with Crippen LogP contribution in [0.25, 0.3) is 0 Å². The highest BCUT2D eigenvalue weighted by Gasteiger charge is 2.40. The molecule has 0 unspecified atom stereocenters. The van der Waals surface area contributed by atoms with Gasteiger partial charge in [0, 0.05) is 15.1 Å². The van der Waals surface area contributed by atoms with Crippen LogP contribution in [0.15, 0.2) is 22.7 Å². The number of carboxylic acids is 1. The van der Waals surface area contributed by atoms with Crippen LogP contribution in [-0.2, 0) is 4.79 Å². The average Bonchev–Trinajstić information content (AvgIpc) is 2.64. The normalized spacial score (nSPS) is 17.8. The fraction of sp³-hybridized carbons (Fsp3) is 0.467. The van der Waals surface area contributed by atoms with Crippen LogP contribution in [0.1, 0.15) is 48.9 Å². The van der Waals surface area contributed by atoms with Crippen LogP contribution >= 0.6 is 27.5 Å². The molecule has 0 aliphatic heterocycles. The van der Waals surface area contributed by atoms with Crippen LogP contribution in [0.5, 0.6) is 0 Å². The first-order chi connectivity index (χ1) is 9.93. The maximum absolute atomic E-state index is 12.4. The van der Waals surface area contributed by atoms with Crippen molar-refractivity contribution in [2.45, 2.75) is 44.1 Å². The minimum atomic E-state index is -1.16. The topological polar surface area (TPSA) is 66.4 Å². The molecule has 1 aromatic carbocycles. The summed E-state index contributed by atoms with van der Waals surface area (Å²) in [5, 5.41) is 12.7. The van der Waals surface area contributed by atoms with E-state index in [2.05, 4.69) is 21.2 Å². The maximum atomic E-state index is 12.4. The smallest absolute Gasteiger partial charge is 0.329 e. The summed E-state index contributed by atoms with van der Waals surface area (Å²) in [5.74, 6) is -1.36. The third-order valence-corrected chi connectivity index (χ3v) is 4.52. The Kier molecular flexibility index (Phi) is 5.27. The zero-order valence-corrected chi connectivity index (χ0v) is 13.8. The first-order valence-electron chi connectivity index (χ1n) is 6.95. The Balaban J connectivity index is 2.23. The van der Waals surface area contributed by atoms with E-state index in [4.69, 9.17) is 11.6 Å². The van der Waals surface area contributed by atoms with Gasteiger partial charge in [-0.15, -0.1) is 0 Å². The Hall–Kier alpha value is -1.07. The number of aliphatic carboxylic acids is 1. The number of carbonyl (C=O) groups excluding carboxylic acids is 1. The summed E-state index contributed by atoms with van der Waals surface area (Å²) in [7, 11) is 0. The third-order valence-electron chi connectivity index (χ3n) is 3.84. The Labute approximate surface area is 137 Å². The summed E-state index contributed by atoms with van der Waals surface area (Å²) in [6.07, 6.45) is 4.57. The van der Waals surface area contributed by atoms with Crippen molar-refractivity contribution in [3.05, 3.63) is 33.3 Å². The van der Waals surface area contributed by atoms with Gasteiger partial charge in [0.25, 0.3) is 5.91 Å². The van der Waals surface area contributed by atoms with Crippen molar-refractivity contribution in [1.29, 1.82) is 0 Å². The van der Waals surface area contributed by atoms with Crippen molar-refractivity contribution in [3.8, 4) is 0 Å². The summed E-state index contributed by atoms with van der Waals surface area (Å²) >= 11 is 9.21. The Bertz CT molecular complexity index is 534. The van der Waals surface area contributed by atoms with E-state index in [0.29, 0.717) is 27.9 Å². The quantitative estimate of drug-likeness (QED) is 0.786. The van der Waals surface area contributed by atoms with Crippen LogP contribution in [0, 0.1) is 0 Å². The van der Waals surface area contributed by atoms with Gasteiger partial charge in [-0.1, -0.05) is 53.2 Å². The largest absolute Gasteiger partial charge is 0.480 e. The van der Waals surface area contributed by atoms with Crippen molar-refractivity contribution in [1.82, 2.24) is 5.32 Å². The van der Waals surface area contributed by atoms with Gasteiger partial charge < -0.3 is 10.4 Å². The highest BCUT2D eigenvalue weighted by molar-refractivity contribution is 9.10. The molecule has 114 valence electrons. The molecule has 2 N–H and O–H groups in total. The molecule has 6 heteroatoms. The Morgan fingerprint density at radius 2 is 1.76 bits per heavy atom. The van der Waals surface area contributed by atoms with Crippen LogP contribution in [0.3, 0.4) is 0 Å². The Morgan fingerprint density at radius 1 is 1.14 bits per heavy atom. The fourth-order valence-corrected chi connectivity index (χ4v) is 3.56. The molecule has 0 saturated heterocycles. The lowest BCUT2D eigenvalue weighted by Gasteiger charge is -2.29. The number of halogens is 2. The molecule has 0 atom stereocenters. The maximum Gasteiger partial charge on any atom is 0.329 e. The van der Waals surface area contributed by atoms with Crippen LogP contribution < -0.4 is 5.32 Å². The molecule has 2 rings (SSSR count). The predicted octanol–water partition coefficient (Wildman–Crippen LogP) is 4.01. The van der Waals surface area contributed by atoms with E-state index in [1.54, 1.807) is 12.1 Å². The van der Waals surface area contributed by atoms with Gasteiger partial charge in [0.15, 0.2) is 0 Å². The van der Waals surface area contributed by atoms with Gasteiger partial charge in [-0.2, -0.15) is 0 Å². The highest BCUT2D eigenvalue weighted by atomic mass is 79.9. The van der Waals surface area contributed by atoms with Crippen LogP contribution in [0.4, 0.5) is 0 Å². The third kappa shape index (κ3) is 3.98. The number of hydrogen-bond acceptors (Lipinski definition) is 2. The van der Waals surface area contributed by atoms with Crippen molar-refractivity contribution in [3.63, 3.8) is 0 Å². The second-order valence-corrected chi connectivity index (χ2v) is 6.77. The predicted molar refractivity (Wildman–Crippen MR) is 84.7 cm³/mol. The molecule has 0 heterocycles. The lowest BCUT2D eigenvalue weighted by atomic mass is 9.90. The number of hydrogen-bond donors (Lipinski definition) is 2. The standard InChI is InChI=1S/C15H17BrClNO3/c16-11-7-10(8-12(17)9-11)13(19)18-15(14(20)21)5-3-1-2-4-6-15/h7-9H,1-6H2,(H,18,19)(H,20,21). The number of carbonyl (C=O) groups is 2. The van der Waals surface area contributed by atoms with Crippen LogP contribution in [-0.4, -0.2) is 22.5 Å². The summed E-state index contributed by atoms with van der Waals surface area (Å²) in [4.78, 5) is 24.1. The summed E-state index contributed by atoms with van der Waals surface area (Å²) in [6.45, 7) is 0. The number of rotatable bonds is 3. The van der Waals surface area contributed by atoms with Gasteiger partial charge in [-0.25, -0.2) is 4.79 Å². The lowest BCUT2D eigenvalue weighted by Crippen LogP contribution is -2.54. The zero-order valence-electron chi connectivity index (χ0n) is 11.5. The lowest BCUT2D eigenvalue weighted by molar-refractivity contribution is -0.145. The van der Waals surface area contributed by atoms with E-state index >= 15 is 0 Å². The van der Waals surface area contributed by atoms with E-state index in [0.717, 1.165) is 25.7 Å². The molecular formula is C15H17BrClNO3. The molecular weight excluding hydrogens is 358 g/mol. The van der Waals surface area contributed by atoms with Crippen molar-refractivity contribution in [2.75, 3.05) is 0 Å².